The lowest BCUT2D eigenvalue weighted by atomic mass is 10.1. The van der Waals surface area contributed by atoms with Crippen molar-refractivity contribution in [1.82, 2.24) is 9.97 Å². The van der Waals surface area contributed by atoms with E-state index < -0.39 is 0 Å². The molecule has 128 valence electrons. The van der Waals surface area contributed by atoms with E-state index in [0.29, 0.717) is 5.95 Å². The first kappa shape index (κ1) is 16.8. The average Bonchev–Trinajstić information content (AvgIpc) is 2.67. The summed E-state index contributed by atoms with van der Waals surface area (Å²) in [6.45, 7) is 2.95. The number of rotatable bonds is 7. The highest BCUT2D eigenvalue weighted by molar-refractivity contribution is 5.67. The van der Waals surface area contributed by atoms with Gasteiger partial charge in [0.1, 0.15) is 11.6 Å². The molecule has 0 fully saturated rings. The molecule has 0 atom stereocenters. The van der Waals surface area contributed by atoms with E-state index in [1.54, 1.807) is 7.11 Å². The molecule has 0 saturated heterocycles. The summed E-state index contributed by atoms with van der Waals surface area (Å²) in [6, 6.07) is 19.8. The molecule has 0 radical (unpaired) electrons. The van der Waals surface area contributed by atoms with Gasteiger partial charge in [-0.25, -0.2) is 4.98 Å². The summed E-state index contributed by atoms with van der Waals surface area (Å²) in [5.41, 5.74) is 2.88. The Kier molecular flexibility index (Phi) is 5.46. The van der Waals surface area contributed by atoms with Crippen LogP contribution in [0.5, 0.6) is 5.75 Å². The maximum atomic E-state index is 5.20. The first-order valence-corrected chi connectivity index (χ1v) is 8.38. The number of anilines is 3. The van der Waals surface area contributed by atoms with Crippen molar-refractivity contribution in [3.8, 4) is 17.0 Å². The fourth-order valence-corrected chi connectivity index (χ4v) is 2.41. The lowest BCUT2D eigenvalue weighted by molar-refractivity contribution is 0.415. The van der Waals surface area contributed by atoms with Crippen molar-refractivity contribution in [3.63, 3.8) is 0 Å². The third kappa shape index (κ3) is 4.47. The Balaban J connectivity index is 1.90. The highest BCUT2D eigenvalue weighted by Gasteiger charge is 2.07. The molecule has 1 aromatic heterocycles. The Morgan fingerprint density at radius 1 is 0.960 bits per heavy atom. The SMILES string of the molecule is CCCNc1nc(Nc2ccc(OC)cc2)cc(-c2ccccc2)n1. The second kappa shape index (κ2) is 8.15. The van der Waals surface area contributed by atoms with E-state index in [1.807, 2.05) is 60.7 Å². The molecule has 25 heavy (non-hydrogen) atoms. The summed E-state index contributed by atoms with van der Waals surface area (Å²) in [4.78, 5) is 9.20. The van der Waals surface area contributed by atoms with Gasteiger partial charge in [0.15, 0.2) is 0 Å². The number of nitrogens with one attached hydrogen (secondary N) is 2. The van der Waals surface area contributed by atoms with Crippen LogP contribution < -0.4 is 15.4 Å². The first-order chi connectivity index (χ1) is 12.3. The molecule has 0 saturated carbocycles. The van der Waals surface area contributed by atoms with Gasteiger partial charge in [-0.2, -0.15) is 4.98 Å². The molecule has 5 nitrogen and oxygen atoms in total. The van der Waals surface area contributed by atoms with Gasteiger partial charge in [-0.1, -0.05) is 37.3 Å². The van der Waals surface area contributed by atoms with Crippen LogP contribution in [0.4, 0.5) is 17.5 Å². The third-order valence-electron chi connectivity index (χ3n) is 3.69. The van der Waals surface area contributed by atoms with Crippen molar-refractivity contribution in [2.45, 2.75) is 13.3 Å². The van der Waals surface area contributed by atoms with Crippen molar-refractivity contribution in [3.05, 3.63) is 60.7 Å². The number of benzene rings is 2. The Labute approximate surface area is 148 Å². The van der Waals surface area contributed by atoms with Gasteiger partial charge in [0.2, 0.25) is 5.95 Å². The van der Waals surface area contributed by atoms with Crippen molar-refractivity contribution in [2.24, 2.45) is 0 Å². The van der Waals surface area contributed by atoms with E-state index >= 15 is 0 Å². The summed E-state index contributed by atoms with van der Waals surface area (Å²) in [5, 5.41) is 6.60. The lowest BCUT2D eigenvalue weighted by Gasteiger charge is -2.11. The van der Waals surface area contributed by atoms with E-state index in [9.17, 15) is 0 Å². The molecular weight excluding hydrogens is 312 g/mol. The summed E-state index contributed by atoms with van der Waals surface area (Å²) < 4.78 is 5.20. The van der Waals surface area contributed by atoms with Gasteiger partial charge in [0, 0.05) is 23.9 Å². The molecule has 5 heteroatoms. The summed E-state index contributed by atoms with van der Waals surface area (Å²) >= 11 is 0. The predicted octanol–water partition coefficient (Wildman–Crippen LogP) is 4.72. The zero-order valence-corrected chi connectivity index (χ0v) is 14.5. The van der Waals surface area contributed by atoms with Crippen molar-refractivity contribution in [1.29, 1.82) is 0 Å². The smallest absolute Gasteiger partial charge is 0.225 e. The van der Waals surface area contributed by atoms with E-state index in [0.717, 1.165) is 41.5 Å². The van der Waals surface area contributed by atoms with Crippen molar-refractivity contribution >= 4 is 17.5 Å². The van der Waals surface area contributed by atoms with Crippen LogP contribution in [0, 0.1) is 0 Å². The molecular formula is C20H22N4O. The normalized spacial score (nSPS) is 10.3. The van der Waals surface area contributed by atoms with Crippen LogP contribution in [-0.2, 0) is 0 Å². The van der Waals surface area contributed by atoms with Crippen LogP contribution in [0.1, 0.15) is 13.3 Å². The number of hydrogen-bond acceptors (Lipinski definition) is 5. The Hall–Kier alpha value is -3.08. The summed E-state index contributed by atoms with van der Waals surface area (Å²) in [5.74, 6) is 2.19. The number of aromatic nitrogens is 2. The summed E-state index contributed by atoms with van der Waals surface area (Å²) in [6.07, 6.45) is 1.01. The van der Waals surface area contributed by atoms with Gasteiger partial charge in [0.25, 0.3) is 0 Å². The van der Waals surface area contributed by atoms with Crippen LogP contribution in [0.25, 0.3) is 11.3 Å². The van der Waals surface area contributed by atoms with E-state index in [2.05, 4.69) is 27.5 Å². The van der Waals surface area contributed by atoms with Crippen LogP contribution in [0.3, 0.4) is 0 Å². The average molecular weight is 334 g/mol. The molecule has 0 aliphatic carbocycles. The zero-order chi connectivity index (χ0) is 17.5. The van der Waals surface area contributed by atoms with Gasteiger partial charge in [-0.05, 0) is 30.7 Å². The predicted molar refractivity (Wildman–Crippen MR) is 103 cm³/mol. The molecule has 1 heterocycles. The molecule has 0 aliphatic rings. The van der Waals surface area contributed by atoms with E-state index in [4.69, 9.17) is 4.74 Å². The van der Waals surface area contributed by atoms with Crippen LogP contribution in [0.15, 0.2) is 60.7 Å². The van der Waals surface area contributed by atoms with Crippen molar-refractivity contribution in [2.75, 3.05) is 24.3 Å². The number of nitrogens with zero attached hydrogens (tertiary/aromatic N) is 2. The number of methoxy groups -OCH3 is 1. The highest BCUT2D eigenvalue weighted by atomic mass is 16.5. The van der Waals surface area contributed by atoms with Crippen LogP contribution in [-0.4, -0.2) is 23.6 Å². The molecule has 0 amide bonds. The highest BCUT2D eigenvalue weighted by Crippen LogP contribution is 2.24. The molecule has 3 aromatic rings. The van der Waals surface area contributed by atoms with E-state index in [1.165, 1.54) is 0 Å². The monoisotopic (exact) mass is 334 g/mol. The Morgan fingerprint density at radius 3 is 2.40 bits per heavy atom. The number of hydrogen-bond donors (Lipinski definition) is 2. The topological polar surface area (TPSA) is 59.1 Å². The number of ether oxygens (including phenoxy) is 1. The molecule has 2 aromatic carbocycles. The minimum Gasteiger partial charge on any atom is -0.497 e. The van der Waals surface area contributed by atoms with Gasteiger partial charge in [-0.3, -0.25) is 0 Å². The fourth-order valence-electron chi connectivity index (χ4n) is 2.41. The van der Waals surface area contributed by atoms with Crippen LogP contribution in [0.2, 0.25) is 0 Å². The maximum Gasteiger partial charge on any atom is 0.225 e. The molecule has 0 bridgehead atoms. The molecule has 0 unspecified atom stereocenters. The Morgan fingerprint density at radius 2 is 1.72 bits per heavy atom. The molecule has 0 aliphatic heterocycles. The fraction of sp³-hybridized carbons (Fsp3) is 0.200. The van der Waals surface area contributed by atoms with Gasteiger partial charge < -0.3 is 15.4 Å². The lowest BCUT2D eigenvalue weighted by Crippen LogP contribution is -2.06. The van der Waals surface area contributed by atoms with E-state index in [-0.39, 0.29) is 0 Å². The van der Waals surface area contributed by atoms with Gasteiger partial charge in [0.05, 0.1) is 12.8 Å². The quantitative estimate of drug-likeness (QED) is 0.655. The van der Waals surface area contributed by atoms with Crippen LogP contribution >= 0.6 is 0 Å². The second-order valence-electron chi connectivity index (χ2n) is 5.61. The first-order valence-electron chi connectivity index (χ1n) is 8.38. The van der Waals surface area contributed by atoms with Crippen molar-refractivity contribution < 1.29 is 4.74 Å². The minimum atomic E-state index is 0.624. The molecule has 0 spiro atoms. The standard InChI is InChI=1S/C20H22N4O/c1-3-13-21-20-23-18(15-7-5-4-6-8-15)14-19(24-20)22-16-9-11-17(25-2)12-10-16/h4-12,14H,3,13H2,1-2H3,(H2,21,22,23,24). The second-order valence-corrected chi connectivity index (χ2v) is 5.61. The van der Waals surface area contributed by atoms with Gasteiger partial charge >= 0.3 is 0 Å². The largest absolute Gasteiger partial charge is 0.497 e. The molecule has 3 rings (SSSR count). The Bertz CT molecular complexity index is 804. The van der Waals surface area contributed by atoms with Gasteiger partial charge in [-0.15, -0.1) is 0 Å². The minimum absolute atomic E-state index is 0.624. The third-order valence-corrected chi connectivity index (χ3v) is 3.69. The molecule has 2 N–H and O–H groups in total. The maximum absolute atomic E-state index is 5.20. The zero-order valence-electron chi connectivity index (χ0n) is 14.5. The summed E-state index contributed by atoms with van der Waals surface area (Å²) in [7, 11) is 1.66.